The van der Waals surface area contributed by atoms with Crippen LogP contribution < -0.4 is 11.1 Å². The van der Waals surface area contributed by atoms with E-state index in [-0.39, 0.29) is 16.9 Å². The molecule has 0 fully saturated rings. The SMILES string of the molecule is COC(=O)c1cc(N)c(NC(=O)OC(C)(C)C)cc1F. The first-order chi connectivity index (χ1) is 9.14. The van der Waals surface area contributed by atoms with Gasteiger partial charge in [-0.3, -0.25) is 5.32 Å². The lowest BCUT2D eigenvalue weighted by Crippen LogP contribution is -2.27. The molecule has 0 bridgehead atoms. The van der Waals surface area contributed by atoms with E-state index in [9.17, 15) is 14.0 Å². The molecule has 110 valence electrons. The minimum atomic E-state index is -0.850. The number of methoxy groups -OCH3 is 1. The maximum Gasteiger partial charge on any atom is 0.412 e. The zero-order valence-corrected chi connectivity index (χ0v) is 11.7. The summed E-state index contributed by atoms with van der Waals surface area (Å²) in [5.41, 5.74) is 4.70. The van der Waals surface area contributed by atoms with Crippen molar-refractivity contribution < 1.29 is 23.5 Å². The van der Waals surface area contributed by atoms with Gasteiger partial charge in [-0.15, -0.1) is 0 Å². The fourth-order valence-corrected chi connectivity index (χ4v) is 1.38. The molecule has 7 heteroatoms. The number of hydrogen-bond acceptors (Lipinski definition) is 5. The van der Waals surface area contributed by atoms with Crippen LogP contribution in [0.2, 0.25) is 0 Å². The average molecular weight is 284 g/mol. The highest BCUT2D eigenvalue weighted by atomic mass is 19.1. The van der Waals surface area contributed by atoms with Gasteiger partial charge in [0.25, 0.3) is 0 Å². The molecule has 6 nitrogen and oxygen atoms in total. The minimum absolute atomic E-state index is 0.0180. The highest BCUT2D eigenvalue weighted by molar-refractivity contribution is 5.95. The maximum absolute atomic E-state index is 13.7. The molecule has 0 saturated heterocycles. The Hall–Kier alpha value is -2.31. The Labute approximate surface area is 116 Å². The third kappa shape index (κ3) is 4.11. The molecule has 1 amide bonds. The highest BCUT2D eigenvalue weighted by Gasteiger charge is 2.19. The van der Waals surface area contributed by atoms with E-state index in [2.05, 4.69) is 10.1 Å². The van der Waals surface area contributed by atoms with Crippen LogP contribution in [0.3, 0.4) is 0 Å². The predicted octanol–water partition coefficient (Wildman–Crippen LogP) is 2.54. The van der Waals surface area contributed by atoms with Crippen molar-refractivity contribution >= 4 is 23.4 Å². The Kier molecular flexibility index (Phi) is 4.54. The van der Waals surface area contributed by atoms with Gasteiger partial charge in [-0.25, -0.2) is 14.0 Å². The smallest absolute Gasteiger partial charge is 0.412 e. The molecule has 0 aliphatic carbocycles. The van der Waals surface area contributed by atoms with Crippen LogP contribution in [0.15, 0.2) is 12.1 Å². The summed E-state index contributed by atoms with van der Waals surface area (Å²) in [6.45, 7) is 5.07. The third-order valence-electron chi connectivity index (χ3n) is 2.18. The lowest BCUT2D eigenvalue weighted by molar-refractivity contribution is 0.0594. The predicted molar refractivity (Wildman–Crippen MR) is 72.0 cm³/mol. The molecule has 0 aliphatic heterocycles. The Morgan fingerprint density at radius 1 is 1.30 bits per heavy atom. The van der Waals surface area contributed by atoms with E-state index in [1.165, 1.54) is 0 Å². The summed E-state index contributed by atoms with van der Waals surface area (Å²) < 4.78 is 23.1. The van der Waals surface area contributed by atoms with Crippen LogP contribution in [-0.4, -0.2) is 24.8 Å². The first kappa shape index (κ1) is 15.7. The van der Waals surface area contributed by atoms with Crippen molar-refractivity contribution in [2.24, 2.45) is 0 Å². The summed E-state index contributed by atoms with van der Waals surface area (Å²) in [6, 6.07) is 2.03. The summed E-state index contributed by atoms with van der Waals surface area (Å²) in [4.78, 5) is 22.8. The number of carbonyl (C=O) groups is 2. The number of halogens is 1. The number of amides is 1. The molecule has 0 saturated carbocycles. The van der Waals surface area contributed by atoms with E-state index in [4.69, 9.17) is 10.5 Å². The first-order valence-corrected chi connectivity index (χ1v) is 5.81. The molecule has 0 atom stereocenters. The lowest BCUT2D eigenvalue weighted by Gasteiger charge is -2.20. The van der Waals surface area contributed by atoms with Gasteiger partial charge in [-0.1, -0.05) is 0 Å². The monoisotopic (exact) mass is 284 g/mol. The van der Waals surface area contributed by atoms with Crippen molar-refractivity contribution in [2.45, 2.75) is 26.4 Å². The van der Waals surface area contributed by atoms with Gasteiger partial charge in [-0.05, 0) is 26.8 Å². The van der Waals surface area contributed by atoms with Gasteiger partial charge in [0.05, 0.1) is 24.0 Å². The number of esters is 1. The number of rotatable bonds is 2. The van der Waals surface area contributed by atoms with Crippen LogP contribution >= 0.6 is 0 Å². The topological polar surface area (TPSA) is 90.6 Å². The Morgan fingerprint density at radius 3 is 2.40 bits per heavy atom. The van der Waals surface area contributed by atoms with Crippen LogP contribution in [-0.2, 0) is 9.47 Å². The average Bonchev–Trinajstić information content (AvgIpc) is 2.30. The zero-order chi connectivity index (χ0) is 15.5. The van der Waals surface area contributed by atoms with Crippen molar-refractivity contribution in [3.05, 3.63) is 23.5 Å². The first-order valence-electron chi connectivity index (χ1n) is 5.81. The van der Waals surface area contributed by atoms with E-state index < -0.39 is 23.5 Å². The fraction of sp³-hybridized carbons (Fsp3) is 0.385. The van der Waals surface area contributed by atoms with Crippen LogP contribution in [0.25, 0.3) is 0 Å². The number of benzene rings is 1. The summed E-state index contributed by atoms with van der Waals surface area (Å²) in [5.74, 6) is -1.70. The fourth-order valence-electron chi connectivity index (χ4n) is 1.38. The van der Waals surface area contributed by atoms with Crippen molar-refractivity contribution in [1.29, 1.82) is 0 Å². The number of nitrogens with one attached hydrogen (secondary N) is 1. The third-order valence-corrected chi connectivity index (χ3v) is 2.18. The van der Waals surface area contributed by atoms with Gasteiger partial charge in [0.1, 0.15) is 11.4 Å². The minimum Gasteiger partial charge on any atom is -0.465 e. The molecule has 0 spiro atoms. The van der Waals surface area contributed by atoms with Gasteiger partial charge < -0.3 is 15.2 Å². The number of nitrogens with two attached hydrogens (primary N) is 1. The molecular formula is C13H17FN2O4. The molecule has 1 aromatic carbocycles. The van der Waals surface area contributed by atoms with Gasteiger partial charge in [-0.2, -0.15) is 0 Å². The van der Waals surface area contributed by atoms with Gasteiger partial charge in [0.15, 0.2) is 0 Å². The van der Waals surface area contributed by atoms with E-state index in [0.29, 0.717) is 0 Å². The number of ether oxygens (including phenoxy) is 2. The number of hydrogen-bond donors (Lipinski definition) is 2. The van der Waals surface area contributed by atoms with Crippen molar-refractivity contribution in [1.82, 2.24) is 0 Å². The summed E-state index contributed by atoms with van der Waals surface area (Å²) in [5, 5.41) is 2.31. The number of anilines is 2. The molecular weight excluding hydrogens is 267 g/mol. The summed E-state index contributed by atoms with van der Waals surface area (Å²) >= 11 is 0. The molecule has 20 heavy (non-hydrogen) atoms. The summed E-state index contributed by atoms with van der Waals surface area (Å²) in [7, 11) is 1.13. The standard InChI is InChI=1S/C13H17FN2O4/c1-13(2,3)20-12(18)16-10-6-8(14)7(5-9(10)15)11(17)19-4/h5-6H,15H2,1-4H3,(H,16,18). The van der Waals surface area contributed by atoms with Gasteiger partial charge in [0, 0.05) is 6.07 Å². The Bertz CT molecular complexity index is 538. The number of carbonyl (C=O) groups excluding carboxylic acids is 2. The molecule has 1 rings (SSSR count). The van der Waals surface area contributed by atoms with Crippen LogP contribution in [0.1, 0.15) is 31.1 Å². The van der Waals surface area contributed by atoms with Crippen LogP contribution in [0.5, 0.6) is 0 Å². The molecule has 0 aliphatic rings. The lowest BCUT2D eigenvalue weighted by atomic mass is 10.1. The van der Waals surface area contributed by atoms with Crippen molar-refractivity contribution in [3.8, 4) is 0 Å². The van der Waals surface area contributed by atoms with E-state index in [1.54, 1.807) is 20.8 Å². The van der Waals surface area contributed by atoms with Crippen LogP contribution in [0, 0.1) is 5.82 Å². The molecule has 0 unspecified atom stereocenters. The Balaban J connectivity index is 2.96. The zero-order valence-electron chi connectivity index (χ0n) is 11.7. The van der Waals surface area contributed by atoms with E-state index >= 15 is 0 Å². The second-order valence-electron chi connectivity index (χ2n) is 5.04. The molecule has 0 heterocycles. The molecule has 1 aromatic rings. The van der Waals surface area contributed by atoms with Gasteiger partial charge in [0.2, 0.25) is 0 Å². The Morgan fingerprint density at radius 2 is 1.90 bits per heavy atom. The second-order valence-corrected chi connectivity index (χ2v) is 5.04. The van der Waals surface area contributed by atoms with Crippen molar-refractivity contribution in [2.75, 3.05) is 18.2 Å². The molecule has 0 radical (unpaired) electrons. The highest BCUT2D eigenvalue weighted by Crippen LogP contribution is 2.24. The van der Waals surface area contributed by atoms with Crippen LogP contribution in [0.4, 0.5) is 20.6 Å². The van der Waals surface area contributed by atoms with Crippen molar-refractivity contribution in [3.63, 3.8) is 0 Å². The molecule has 0 aromatic heterocycles. The normalized spacial score (nSPS) is 10.8. The maximum atomic E-state index is 13.7. The van der Waals surface area contributed by atoms with Gasteiger partial charge >= 0.3 is 12.1 Å². The second kappa shape index (κ2) is 5.77. The largest absolute Gasteiger partial charge is 0.465 e. The molecule has 3 N–H and O–H groups in total. The van der Waals surface area contributed by atoms with E-state index in [0.717, 1.165) is 19.2 Å². The quantitative estimate of drug-likeness (QED) is 0.643. The number of nitrogen functional groups attached to an aromatic ring is 1. The summed E-state index contributed by atoms with van der Waals surface area (Å²) in [6.07, 6.45) is -0.769. The van der Waals surface area contributed by atoms with E-state index in [1.807, 2.05) is 0 Å².